The SMILES string of the molecule is CCCN(Cc1ccc(N)cc1)S(=O)(=O)c1ccnn1C. The molecule has 1 heterocycles. The molecular weight excluding hydrogens is 288 g/mol. The Bertz CT molecular complexity index is 692. The molecule has 0 amide bonds. The van der Waals surface area contributed by atoms with Crippen LogP contribution in [0.4, 0.5) is 5.69 Å². The van der Waals surface area contributed by atoms with Gasteiger partial charge in [0.15, 0.2) is 5.03 Å². The van der Waals surface area contributed by atoms with E-state index in [-0.39, 0.29) is 5.03 Å². The molecule has 6 nitrogen and oxygen atoms in total. The van der Waals surface area contributed by atoms with E-state index in [0.717, 1.165) is 12.0 Å². The van der Waals surface area contributed by atoms with Gasteiger partial charge in [0.05, 0.1) is 6.20 Å². The van der Waals surface area contributed by atoms with Crippen molar-refractivity contribution in [2.24, 2.45) is 7.05 Å². The minimum absolute atomic E-state index is 0.200. The van der Waals surface area contributed by atoms with Crippen LogP contribution in [0.15, 0.2) is 41.6 Å². The van der Waals surface area contributed by atoms with E-state index in [2.05, 4.69) is 5.10 Å². The molecule has 2 aromatic rings. The molecule has 0 aliphatic rings. The van der Waals surface area contributed by atoms with Crippen molar-refractivity contribution in [1.82, 2.24) is 14.1 Å². The zero-order valence-electron chi connectivity index (χ0n) is 12.2. The molecule has 1 aromatic carbocycles. The van der Waals surface area contributed by atoms with Gasteiger partial charge < -0.3 is 5.73 Å². The molecule has 1 aromatic heterocycles. The Hall–Kier alpha value is -1.86. The van der Waals surface area contributed by atoms with E-state index in [4.69, 9.17) is 5.73 Å². The molecule has 0 spiro atoms. The lowest BCUT2D eigenvalue weighted by Gasteiger charge is -2.21. The summed E-state index contributed by atoms with van der Waals surface area (Å²) in [6, 6.07) is 8.75. The van der Waals surface area contributed by atoms with Crippen molar-refractivity contribution in [3.8, 4) is 0 Å². The van der Waals surface area contributed by atoms with Crippen molar-refractivity contribution in [2.75, 3.05) is 12.3 Å². The minimum Gasteiger partial charge on any atom is -0.399 e. The molecule has 0 bridgehead atoms. The van der Waals surface area contributed by atoms with E-state index in [1.807, 2.05) is 19.1 Å². The lowest BCUT2D eigenvalue weighted by atomic mass is 10.2. The lowest BCUT2D eigenvalue weighted by molar-refractivity contribution is 0.400. The molecule has 114 valence electrons. The number of aryl methyl sites for hydroxylation is 1. The van der Waals surface area contributed by atoms with Gasteiger partial charge in [-0.3, -0.25) is 4.68 Å². The molecule has 2 rings (SSSR count). The first-order valence-electron chi connectivity index (χ1n) is 6.77. The smallest absolute Gasteiger partial charge is 0.260 e. The van der Waals surface area contributed by atoms with Crippen LogP contribution in [0, 0.1) is 0 Å². The van der Waals surface area contributed by atoms with Crippen LogP contribution in [-0.2, 0) is 23.6 Å². The van der Waals surface area contributed by atoms with E-state index in [1.165, 1.54) is 21.3 Å². The van der Waals surface area contributed by atoms with E-state index >= 15 is 0 Å². The first kappa shape index (κ1) is 15.5. The average molecular weight is 308 g/mol. The Labute approximate surface area is 125 Å². The maximum Gasteiger partial charge on any atom is 0.260 e. The normalized spacial score (nSPS) is 12.0. The molecule has 0 saturated carbocycles. The van der Waals surface area contributed by atoms with Crippen molar-refractivity contribution < 1.29 is 8.42 Å². The fraction of sp³-hybridized carbons (Fsp3) is 0.357. The molecule has 0 unspecified atom stereocenters. The van der Waals surface area contributed by atoms with Crippen LogP contribution in [0.5, 0.6) is 0 Å². The highest BCUT2D eigenvalue weighted by Gasteiger charge is 2.26. The molecule has 0 atom stereocenters. The summed E-state index contributed by atoms with van der Waals surface area (Å²) < 4.78 is 28.3. The first-order chi connectivity index (χ1) is 9.95. The number of aromatic nitrogens is 2. The molecule has 0 saturated heterocycles. The second kappa shape index (κ2) is 6.28. The number of benzene rings is 1. The molecule has 21 heavy (non-hydrogen) atoms. The zero-order chi connectivity index (χ0) is 15.5. The fourth-order valence-corrected chi connectivity index (χ4v) is 3.73. The van der Waals surface area contributed by atoms with Gasteiger partial charge in [-0.2, -0.15) is 9.40 Å². The highest BCUT2D eigenvalue weighted by Crippen LogP contribution is 2.18. The van der Waals surface area contributed by atoms with E-state index in [9.17, 15) is 8.42 Å². The first-order valence-corrected chi connectivity index (χ1v) is 8.21. The Morgan fingerprint density at radius 2 is 1.90 bits per heavy atom. The fourth-order valence-electron chi connectivity index (χ4n) is 2.11. The maximum absolute atomic E-state index is 12.7. The number of hydrogen-bond donors (Lipinski definition) is 1. The van der Waals surface area contributed by atoms with Gasteiger partial charge in [0.25, 0.3) is 10.0 Å². The van der Waals surface area contributed by atoms with Gasteiger partial charge in [0.1, 0.15) is 0 Å². The van der Waals surface area contributed by atoms with Gasteiger partial charge in [-0.15, -0.1) is 0 Å². The predicted octanol–water partition coefficient (Wildman–Crippen LogP) is 1.60. The Morgan fingerprint density at radius 1 is 1.24 bits per heavy atom. The third-order valence-electron chi connectivity index (χ3n) is 3.19. The van der Waals surface area contributed by atoms with Crippen molar-refractivity contribution in [1.29, 1.82) is 0 Å². The number of sulfonamides is 1. The van der Waals surface area contributed by atoms with Gasteiger partial charge in [-0.05, 0) is 30.2 Å². The predicted molar refractivity (Wildman–Crippen MR) is 81.9 cm³/mol. The number of anilines is 1. The highest BCUT2D eigenvalue weighted by molar-refractivity contribution is 7.89. The summed E-state index contributed by atoms with van der Waals surface area (Å²) in [4.78, 5) is 0. The largest absolute Gasteiger partial charge is 0.399 e. The monoisotopic (exact) mass is 308 g/mol. The topological polar surface area (TPSA) is 81.2 Å². The summed E-state index contributed by atoms with van der Waals surface area (Å²) >= 11 is 0. The number of nitrogens with two attached hydrogens (primary N) is 1. The van der Waals surface area contributed by atoms with Crippen LogP contribution in [0.1, 0.15) is 18.9 Å². The number of rotatable bonds is 6. The summed E-state index contributed by atoms with van der Waals surface area (Å²) in [7, 11) is -1.93. The molecular formula is C14H20N4O2S. The van der Waals surface area contributed by atoms with Crippen molar-refractivity contribution in [3.05, 3.63) is 42.1 Å². The van der Waals surface area contributed by atoms with Gasteiger partial charge in [-0.1, -0.05) is 19.1 Å². The van der Waals surface area contributed by atoms with Gasteiger partial charge in [0.2, 0.25) is 0 Å². The van der Waals surface area contributed by atoms with Crippen LogP contribution < -0.4 is 5.73 Å². The summed E-state index contributed by atoms with van der Waals surface area (Å²) in [6.45, 7) is 2.73. The molecule has 7 heteroatoms. The van der Waals surface area contributed by atoms with Crippen molar-refractivity contribution >= 4 is 15.7 Å². The van der Waals surface area contributed by atoms with Crippen LogP contribution in [0.2, 0.25) is 0 Å². The van der Waals surface area contributed by atoms with Crippen molar-refractivity contribution in [2.45, 2.75) is 24.9 Å². The van der Waals surface area contributed by atoms with Crippen LogP contribution in [0.3, 0.4) is 0 Å². The lowest BCUT2D eigenvalue weighted by Crippen LogP contribution is -2.32. The Kier molecular flexibility index (Phi) is 4.64. The Morgan fingerprint density at radius 3 is 2.43 bits per heavy atom. The molecule has 2 N–H and O–H groups in total. The molecule has 0 aliphatic heterocycles. The highest BCUT2D eigenvalue weighted by atomic mass is 32.2. The van der Waals surface area contributed by atoms with E-state index in [0.29, 0.717) is 18.8 Å². The summed E-state index contributed by atoms with van der Waals surface area (Å²) in [6.07, 6.45) is 2.23. The van der Waals surface area contributed by atoms with Crippen LogP contribution in [0.25, 0.3) is 0 Å². The maximum atomic E-state index is 12.7. The third-order valence-corrected chi connectivity index (χ3v) is 5.11. The summed E-state index contributed by atoms with van der Waals surface area (Å²) in [5.74, 6) is 0. The van der Waals surface area contributed by atoms with E-state index < -0.39 is 10.0 Å². The van der Waals surface area contributed by atoms with Gasteiger partial charge in [0, 0.05) is 25.8 Å². The standard InChI is InChI=1S/C14H20N4O2S/c1-3-10-18(11-12-4-6-13(15)7-5-12)21(19,20)14-8-9-16-17(14)2/h4-9H,3,10-11,15H2,1-2H3. The second-order valence-corrected chi connectivity index (χ2v) is 6.76. The van der Waals surface area contributed by atoms with Crippen molar-refractivity contribution in [3.63, 3.8) is 0 Å². The molecule has 0 fully saturated rings. The van der Waals surface area contributed by atoms with Gasteiger partial charge >= 0.3 is 0 Å². The number of nitrogen functional groups attached to an aromatic ring is 1. The summed E-state index contributed by atoms with van der Waals surface area (Å²) in [5, 5.41) is 4.14. The Balaban J connectivity index is 2.30. The number of hydrogen-bond acceptors (Lipinski definition) is 4. The molecule has 0 radical (unpaired) electrons. The number of nitrogens with zero attached hydrogens (tertiary/aromatic N) is 3. The van der Waals surface area contributed by atoms with Crippen LogP contribution >= 0.6 is 0 Å². The average Bonchev–Trinajstić information content (AvgIpc) is 2.87. The molecule has 0 aliphatic carbocycles. The second-order valence-electron chi connectivity index (χ2n) is 4.87. The minimum atomic E-state index is -3.56. The summed E-state index contributed by atoms with van der Waals surface area (Å²) in [5.41, 5.74) is 7.22. The quantitative estimate of drug-likeness (QED) is 0.822. The van der Waals surface area contributed by atoms with Crippen LogP contribution in [-0.4, -0.2) is 29.0 Å². The third kappa shape index (κ3) is 3.43. The van der Waals surface area contributed by atoms with E-state index in [1.54, 1.807) is 19.2 Å². The zero-order valence-corrected chi connectivity index (χ0v) is 13.0. The van der Waals surface area contributed by atoms with Gasteiger partial charge in [-0.25, -0.2) is 8.42 Å².